The second kappa shape index (κ2) is 7.97. The molecule has 0 saturated carbocycles. The first kappa shape index (κ1) is 19.4. The van der Waals surface area contributed by atoms with E-state index in [1.54, 1.807) is 6.20 Å². The second-order valence-corrected chi connectivity index (χ2v) is 9.55. The molecular formula is C17H32N4O2S. The van der Waals surface area contributed by atoms with E-state index in [0.29, 0.717) is 18.5 Å². The van der Waals surface area contributed by atoms with E-state index in [0.717, 1.165) is 18.8 Å². The van der Waals surface area contributed by atoms with Crippen LogP contribution in [0.25, 0.3) is 0 Å². The van der Waals surface area contributed by atoms with Crippen LogP contribution in [0.5, 0.6) is 0 Å². The van der Waals surface area contributed by atoms with Gasteiger partial charge >= 0.3 is 0 Å². The van der Waals surface area contributed by atoms with E-state index < -0.39 is 9.84 Å². The highest BCUT2D eigenvalue weighted by Gasteiger charge is 2.23. The van der Waals surface area contributed by atoms with Gasteiger partial charge in [-0.3, -0.25) is 4.90 Å². The van der Waals surface area contributed by atoms with E-state index >= 15 is 0 Å². The fraction of sp³-hybridized carbons (Fsp3) is 0.824. The predicted octanol–water partition coefficient (Wildman–Crippen LogP) is 1.86. The molecule has 7 heteroatoms. The molecule has 2 heterocycles. The number of likely N-dealkylation sites (N-methyl/N-ethyl adjacent to an activating group) is 2. The van der Waals surface area contributed by atoms with Gasteiger partial charge in [0.2, 0.25) is 15.0 Å². The van der Waals surface area contributed by atoms with Gasteiger partial charge in [-0.15, -0.1) is 0 Å². The van der Waals surface area contributed by atoms with Crippen LogP contribution in [0.2, 0.25) is 0 Å². The molecule has 0 spiro atoms. The van der Waals surface area contributed by atoms with Crippen LogP contribution in [0.15, 0.2) is 11.4 Å². The summed E-state index contributed by atoms with van der Waals surface area (Å²) in [7, 11) is 0.998. The van der Waals surface area contributed by atoms with Crippen molar-refractivity contribution in [2.24, 2.45) is 5.92 Å². The highest BCUT2D eigenvalue weighted by Crippen LogP contribution is 2.18. The van der Waals surface area contributed by atoms with Gasteiger partial charge in [-0.2, -0.15) is 0 Å². The van der Waals surface area contributed by atoms with Gasteiger partial charge < -0.3 is 9.47 Å². The Kier molecular flexibility index (Phi) is 6.45. The van der Waals surface area contributed by atoms with Gasteiger partial charge in [0.1, 0.15) is 0 Å². The summed E-state index contributed by atoms with van der Waals surface area (Å²) in [5.74, 6) is 0.369. The fourth-order valence-electron chi connectivity index (χ4n) is 3.45. The summed E-state index contributed by atoms with van der Waals surface area (Å²) in [4.78, 5) is 8.92. The quantitative estimate of drug-likeness (QED) is 0.746. The number of hydrogen-bond donors (Lipinski definition) is 0. The number of hydrogen-bond acceptors (Lipinski definition) is 5. The average Bonchev–Trinajstić information content (AvgIpc) is 2.83. The second-order valence-electron chi connectivity index (χ2n) is 7.64. The fourth-order valence-corrected chi connectivity index (χ4v) is 4.29. The van der Waals surface area contributed by atoms with Crippen molar-refractivity contribution in [3.05, 3.63) is 11.9 Å². The normalized spacial score (nSPS) is 20.2. The Labute approximate surface area is 146 Å². The van der Waals surface area contributed by atoms with Crippen LogP contribution in [0, 0.1) is 5.92 Å². The zero-order chi connectivity index (χ0) is 17.9. The topological polar surface area (TPSA) is 58.4 Å². The molecule has 1 saturated heterocycles. The molecule has 1 aliphatic rings. The molecule has 0 aromatic carbocycles. The standard InChI is InChI=1S/C17H32N4O2S/c1-14(2)11-21-16(10-18-17(21)24(5,22)23)13-19(3)12-15-8-6-7-9-20(15)4/h10,14-15H,6-9,11-13H2,1-5H3/t15-/m0/s1. The summed E-state index contributed by atoms with van der Waals surface area (Å²) in [5, 5.41) is 0.189. The average molecular weight is 357 g/mol. The summed E-state index contributed by atoms with van der Waals surface area (Å²) >= 11 is 0. The SMILES string of the molecule is CC(C)Cn1c(CN(C)C[C@@H]2CCCCN2C)cnc1S(C)(=O)=O. The lowest BCUT2D eigenvalue weighted by Crippen LogP contribution is -2.43. The van der Waals surface area contributed by atoms with Gasteiger partial charge in [0.15, 0.2) is 0 Å². The van der Waals surface area contributed by atoms with Crippen molar-refractivity contribution in [2.75, 3.05) is 33.4 Å². The van der Waals surface area contributed by atoms with Gasteiger partial charge in [-0.05, 0) is 39.4 Å². The maximum absolute atomic E-state index is 12.0. The first-order valence-corrected chi connectivity index (χ1v) is 10.7. The van der Waals surface area contributed by atoms with Crippen molar-refractivity contribution in [1.29, 1.82) is 0 Å². The van der Waals surface area contributed by atoms with E-state index in [1.807, 2.05) is 4.57 Å². The maximum Gasteiger partial charge on any atom is 0.227 e. The summed E-state index contributed by atoms with van der Waals surface area (Å²) in [5.41, 5.74) is 0.977. The number of likely N-dealkylation sites (tertiary alicyclic amines) is 1. The van der Waals surface area contributed by atoms with E-state index in [4.69, 9.17) is 0 Å². The van der Waals surface area contributed by atoms with Crippen LogP contribution in [-0.4, -0.2) is 67.3 Å². The minimum atomic E-state index is -3.30. The van der Waals surface area contributed by atoms with Gasteiger partial charge in [-0.25, -0.2) is 13.4 Å². The molecule has 1 atom stereocenters. The van der Waals surface area contributed by atoms with Crippen molar-refractivity contribution in [1.82, 2.24) is 19.4 Å². The lowest BCUT2D eigenvalue weighted by Gasteiger charge is -2.35. The number of rotatable bonds is 7. The molecule has 6 nitrogen and oxygen atoms in total. The Morgan fingerprint density at radius 3 is 2.67 bits per heavy atom. The molecule has 2 rings (SSSR count). The summed E-state index contributed by atoms with van der Waals surface area (Å²) in [6, 6.07) is 0.583. The number of nitrogens with zero attached hydrogens (tertiary/aromatic N) is 4. The van der Waals surface area contributed by atoms with Crippen molar-refractivity contribution >= 4 is 9.84 Å². The summed E-state index contributed by atoms with van der Waals surface area (Å²) < 4.78 is 25.9. The Morgan fingerprint density at radius 1 is 1.38 bits per heavy atom. The van der Waals surface area contributed by atoms with E-state index in [2.05, 4.69) is 42.7 Å². The number of piperidine rings is 1. The number of imidazole rings is 1. The molecule has 0 bridgehead atoms. The number of sulfone groups is 1. The largest absolute Gasteiger partial charge is 0.317 e. The van der Waals surface area contributed by atoms with Gasteiger partial charge in [-0.1, -0.05) is 20.3 Å². The van der Waals surface area contributed by atoms with Crippen molar-refractivity contribution in [3.8, 4) is 0 Å². The van der Waals surface area contributed by atoms with E-state index in [1.165, 1.54) is 32.1 Å². The van der Waals surface area contributed by atoms with Gasteiger partial charge in [0.25, 0.3) is 0 Å². The Bertz CT molecular complexity index is 639. The molecule has 0 N–H and O–H groups in total. The first-order chi connectivity index (χ1) is 11.2. The van der Waals surface area contributed by atoms with Crippen molar-refractivity contribution in [2.45, 2.75) is 57.4 Å². The molecule has 1 aromatic rings. The minimum Gasteiger partial charge on any atom is -0.317 e. The molecule has 0 radical (unpaired) electrons. The predicted molar refractivity (Wildman–Crippen MR) is 96.8 cm³/mol. The lowest BCUT2D eigenvalue weighted by molar-refractivity contribution is 0.137. The van der Waals surface area contributed by atoms with Crippen molar-refractivity contribution < 1.29 is 8.42 Å². The van der Waals surface area contributed by atoms with Crippen molar-refractivity contribution in [3.63, 3.8) is 0 Å². The Balaban J connectivity index is 2.12. The van der Waals surface area contributed by atoms with Crippen LogP contribution in [0.1, 0.15) is 38.8 Å². The third-order valence-electron chi connectivity index (χ3n) is 4.66. The third-order valence-corrected chi connectivity index (χ3v) is 5.65. The molecule has 24 heavy (non-hydrogen) atoms. The molecule has 1 aromatic heterocycles. The smallest absolute Gasteiger partial charge is 0.227 e. The molecule has 0 amide bonds. The minimum absolute atomic E-state index is 0.189. The van der Waals surface area contributed by atoms with Crippen LogP contribution >= 0.6 is 0 Å². The van der Waals surface area contributed by atoms with Crippen LogP contribution in [0.3, 0.4) is 0 Å². The first-order valence-electron chi connectivity index (χ1n) is 8.81. The maximum atomic E-state index is 12.0. The van der Waals surface area contributed by atoms with E-state index in [-0.39, 0.29) is 5.16 Å². The third kappa shape index (κ3) is 5.04. The molecule has 1 aliphatic heterocycles. The van der Waals surface area contributed by atoms with E-state index in [9.17, 15) is 8.42 Å². The van der Waals surface area contributed by atoms with Crippen LogP contribution < -0.4 is 0 Å². The molecular weight excluding hydrogens is 324 g/mol. The lowest BCUT2D eigenvalue weighted by atomic mass is 10.0. The van der Waals surface area contributed by atoms with Crippen LogP contribution in [0.4, 0.5) is 0 Å². The Morgan fingerprint density at radius 2 is 2.08 bits per heavy atom. The van der Waals surface area contributed by atoms with Gasteiger partial charge in [0, 0.05) is 31.9 Å². The molecule has 0 aliphatic carbocycles. The zero-order valence-corrected chi connectivity index (χ0v) is 16.5. The number of aromatic nitrogens is 2. The summed E-state index contributed by atoms with van der Waals surface area (Å²) in [6.45, 7) is 7.75. The highest BCUT2D eigenvalue weighted by molar-refractivity contribution is 7.90. The summed E-state index contributed by atoms with van der Waals surface area (Å²) in [6.07, 6.45) is 6.78. The monoisotopic (exact) mass is 356 g/mol. The Hall–Kier alpha value is -0.920. The molecule has 138 valence electrons. The molecule has 1 fully saturated rings. The molecule has 0 unspecified atom stereocenters. The van der Waals surface area contributed by atoms with Gasteiger partial charge in [0.05, 0.1) is 11.9 Å². The van der Waals surface area contributed by atoms with Crippen LogP contribution in [-0.2, 0) is 22.9 Å². The highest BCUT2D eigenvalue weighted by atomic mass is 32.2. The zero-order valence-electron chi connectivity index (χ0n) is 15.7.